The zero-order valence-electron chi connectivity index (χ0n) is 18.2. The fourth-order valence-electron chi connectivity index (χ4n) is 3.14. The van der Waals surface area contributed by atoms with Gasteiger partial charge in [0.05, 0.1) is 6.61 Å². The summed E-state index contributed by atoms with van der Waals surface area (Å²) in [6, 6.07) is 23.9. The molecule has 1 amide bonds. The van der Waals surface area contributed by atoms with Crippen LogP contribution in [0.5, 0.6) is 11.5 Å². The smallest absolute Gasteiger partial charge is 0.262 e. The van der Waals surface area contributed by atoms with Gasteiger partial charge in [-0.1, -0.05) is 54.1 Å². The number of anilines is 1. The molecule has 2 N–H and O–H groups in total. The van der Waals surface area contributed by atoms with Crippen molar-refractivity contribution in [2.45, 2.75) is 26.8 Å². The zero-order valence-corrected chi connectivity index (χ0v) is 18.2. The lowest BCUT2D eigenvalue weighted by molar-refractivity contribution is -0.118. The van der Waals surface area contributed by atoms with E-state index in [1.807, 2.05) is 62.4 Å². The van der Waals surface area contributed by atoms with Gasteiger partial charge in [0, 0.05) is 12.2 Å². The maximum absolute atomic E-state index is 12.2. The number of nitrogens with one attached hydrogen (secondary N) is 2. The summed E-state index contributed by atoms with van der Waals surface area (Å²) in [7, 11) is 0. The molecule has 0 aliphatic carbocycles. The van der Waals surface area contributed by atoms with E-state index in [9.17, 15) is 4.79 Å². The van der Waals surface area contributed by atoms with Crippen LogP contribution in [0.2, 0.25) is 0 Å². The number of ether oxygens (including phenoxy) is 2. The molecule has 0 unspecified atom stereocenters. The molecule has 0 aliphatic heterocycles. The minimum Gasteiger partial charge on any atom is -0.490 e. The van der Waals surface area contributed by atoms with Crippen LogP contribution in [0.3, 0.4) is 0 Å². The third kappa shape index (κ3) is 7.46. The standard InChI is InChI=1S/C26H30N2O3/c1-3-30-25-17-22(18-27-16-15-21-7-5-4-6-8-21)11-14-24(25)31-19-26(29)28-23-12-9-20(2)10-13-23/h4-14,17,27H,3,15-16,18-19H2,1-2H3,(H,28,29). The van der Waals surface area contributed by atoms with Crippen LogP contribution in [0, 0.1) is 6.92 Å². The van der Waals surface area contributed by atoms with Crippen molar-refractivity contribution < 1.29 is 14.3 Å². The van der Waals surface area contributed by atoms with Gasteiger partial charge in [-0.2, -0.15) is 0 Å². The van der Waals surface area contributed by atoms with Crippen molar-refractivity contribution >= 4 is 11.6 Å². The number of hydrogen-bond acceptors (Lipinski definition) is 4. The molecule has 3 rings (SSSR count). The first-order chi connectivity index (χ1) is 15.1. The van der Waals surface area contributed by atoms with Crippen LogP contribution in [0.4, 0.5) is 5.69 Å². The molecule has 3 aromatic rings. The van der Waals surface area contributed by atoms with Crippen LogP contribution in [0.15, 0.2) is 72.8 Å². The minimum atomic E-state index is -0.210. The van der Waals surface area contributed by atoms with Crippen LogP contribution in [-0.2, 0) is 17.8 Å². The highest BCUT2D eigenvalue weighted by Gasteiger charge is 2.10. The Hall–Kier alpha value is -3.31. The van der Waals surface area contributed by atoms with Crippen LogP contribution < -0.4 is 20.1 Å². The fourth-order valence-corrected chi connectivity index (χ4v) is 3.14. The van der Waals surface area contributed by atoms with E-state index in [4.69, 9.17) is 9.47 Å². The average Bonchev–Trinajstić information content (AvgIpc) is 2.79. The number of benzene rings is 3. The predicted octanol–water partition coefficient (Wildman–Crippen LogP) is 4.74. The normalized spacial score (nSPS) is 10.5. The van der Waals surface area contributed by atoms with Crippen LogP contribution in [0.1, 0.15) is 23.6 Å². The highest BCUT2D eigenvalue weighted by Crippen LogP contribution is 2.28. The monoisotopic (exact) mass is 418 g/mol. The van der Waals surface area contributed by atoms with Crippen molar-refractivity contribution in [1.29, 1.82) is 0 Å². The van der Waals surface area contributed by atoms with Crippen molar-refractivity contribution in [3.63, 3.8) is 0 Å². The molecule has 0 radical (unpaired) electrons. The summed E-state index contributed by atoms with van der Waals surface area (Å²) < 4.78 is 11.5. The number of amides is 1. The molecule has 0 saturated heterocycles. The first kappa shape index (κ1) is 22.4. The van der Waals surface area contributed by atoms with E-state index in [0.717, 1.165) is 36.3 Å². The van der Waals surface area contributed by atoms with Gasteiger partial charge < -0.3 is 20.1 Å². The van der Waals surface area contributed by atoms with Gasteiger partial charge >= 0.3 is 0 Å². The Balaban J connectivity index is 1.50. The van der Waals surface area contributed by atoms with Crippen LogP contribution in [0.25, 0.3) is 0 Å². The molecule has 5 heteroatoms. The molecule has 0 atom stereocenters. The van der Waals surface area contributed by atoms with E-state index >= 15 is 0 Å². The lowest BCUT2D eigenvalue weighted by Gasteiger charge is -2.14. The molecule has 5 nitrogen and oxygen atoms in total. The number of carbonyl (C=O) groups is 1. The first-order valence-corrected chi connectivity index (χ1v) is 10.6. The molecule has 0 fully saturated rings. The number of aryl methyl sites for hydroxylation is 1. The van der Waals surface area contributed by atoms with Gasteiger partial charge in [0.2, 0.25) is 0 Å². The lowest BCUT2D eigenvalue weighted by Crippen LogP contribution is -2.20. The summed E-state index contributed by atoms with van der Waals surface area (Å²) in [6.07, 6.45) is 0.983. The van der Waals surface area contributed by atoms with Crippen molar-refractivity contribution in [2.75, 3.05) is 25.1 Å². The van der Waals surface area contributed by atoms with E-state index in [1.165, 1.54) is 5.56 Å². The van der Waals surface area contributed by atoms with Crippen LogP contribution >= 0.6 is 0 Å². The molecule has 31 heavy (non-hydrogen) atoms. The Morgan fingerprint density at radius 3 is 2.39 bits per heavy atom. The molecule has 0 aliphatic rings. The predicted molar refractivity (Wildman–Crippen MR) is 125 cm³/mol. The summed E-state index contributed by atoms with van der Waals surface area (Å²) in [5.74, 6) is 1.000. The molecule has 162 valence electrons. The Morgan fingerprint density at radius 1 is 0.871 bits per heavy atom. The number of carbonyl (C=O) groups excluding carboxylic acids is 1. The van der Waals surface area contributed by atoms with E-state index in [1.54, 1.807) is 0 Å². The Bertz CT molecular complexity index is 956. The second-order valence-corrected chi connectivity index (χ2v) is 7.33. The highest BCUT2D eigenvalue weighted by molar-refractivity contribution is 5.91. The summed E-state index contributed by atoms with van der Waals surface area (Å²) in [6.45, 7) is 6.01. The lowest BCUT2D eigenvalue weighted by atomic mass is 10.1. The molecular formula is C26H30N2O3. The largest absolute Gasteiger partial charge is 0.490 e. The number of hydrogen-bond donors (Lipinski definition) is 2. The van der Waals surface area contributed by atoms with Gasteiger partial charge in [-0.15, -0.1) is 0 Å². The highest BCUT2D eigenvalue weighted by atomic mass is 16.5. The van der Waals surface area contributed by atoms with E-state index in [2.05, 4.69) is 34.9 Å². The Labute approximate surface area is 184 Å². The van der Waals surface area contributed by atoms with Crippen LogP contribution in [-0.4, -0.2) is 25.7 Å². The fraction of sp³-hybridized carbons (Fsp3) is 0.269. The molecule has 0 heterocycles. The summed E-state index contributed by atoms with van der Waals surface area (Å²) in [5, 5.41) is 6.30. The van der Waals surface area contributed by atoms with E-state index in [0.29, 0.717) is 18.1 Å². The van der Waals surface area contributed by atoms with Gasteiger partial charge in [-0.3, -0.25) is 4.79 Å². The first-order valence-electron chi connectivity index (χ1n) is 10.6. The summed E-state index contributed by atoms with van der Waals surface area (Å²) in [5.41, 5.74) is 4.32. The maximum Gasteiger partial charge on any atom is 0.262 e. The quantitative estimate of drug-likeness (QED) is 0.442. The van der Waals surface area contributed by atoms with Crippen molar-refractivity contribution in [1.82, 2.24) is 5.32 Å². The van der Waals surface area contributed by atoms with Gasteiger partial charge in [0.15, 0.2) is 18.1 Å². The molecule has 0 bridgehead atoms. The summed E-state index contributed by atoms with van der Waals surface area (Å²) >= 11 is 0. The third-order valence-corrected chi connectivity index (χ3v) is 4.76. The van der Waals surface area contributed by atoms with Gasteiger partial charge in [-0.25, -0.2) is 0 Å². The Kier molecular flexibility index (Phi) is 8.49. The zero-order chi connectivity index (χ0) is 21.9. The van der Waals surface area contributed by atoms with Gasteiger partial charge in [0.1, 0.15) is 0 Å². The van der Waals surface area contributed by atoms with E-state index < -0.39 is 0 Å². The topological polar surface area (TPSA) is 59.6 Å². The average molecular weight is 419 g/mol. The van der Waals surface area contributed by atoms with Crippen molar-refractivity contribution in [3.05, 3.63) is 89.5 Å². The SMILES string of the molecule is CCOc1cc(CNCCc2ccccc2)ccc1OCC(=O)Nc1ccc(C)cc1. The molecular weight excluding hydrogens is 388 g/mol. The molecule has 0 saturated carbocycles. The van der Waals surface area contributed by atoms with Crippen molar-refractivity contribution in [2.24, 2.45) is 0 Å². The van der Waals surface area contributed by atoms with Crippen molar-refractivity contribution in [3.8, 4) is 11.5 Å². The van der Waals surface area contributed by atoms with Gasteiger partial charge in [0.25, 0.3) is 5.91 Å². The molecule has 3 aromatic carbocycles. The maximum atomic E-state index is 12.2. The summed E-state index contributed by atoms with van der Waals surface area (Å²) in [4.78, 5) is 12.2. The molecule has 0 aromatic heterocycles. The third-order valence-electron chi connectivity index (χ3n) is 4.76. The Morgan fingerprint density at radius 2 is 1.65 bits per heavy atom. The second kappa shape index (κ2) is 11.8. The molecule has 0 spiro atoms. The number of rotatable bonds is 11. The van der Waals surface area contributed by atoms with Gasteiger partial charge in [-0.05, 0) is 62.2 Å². The second-order valence-electron chi connectivity index (χ2n) is 7.33. The minimum absolute atomic E-state index is 0.0807. The van der Waals surface area contributed by atoms with E-state index in [-0.39, 0.29) is 12.5 Å².